The maximum Gasteiger partial charge on any atom is 0.161 e. The Labute approximate surface area is 278 Å². The van der Waals surface area contributed by atoms with Crippen molar-refractivity contribution in [1.82, 2.24) is 4.90 Å². The van der Waals surface area contributed by atoms with E-state index in [-0.39, 0.29) is 5.41 Å². The van der Waals surface area contributed by atoms with E-state index in [2.05, 4.69) is 129 Å². The zero-order chi connectivity index (χ0) is 32.4. The average molecular weight is 626 g/mol. The number of hydrogen-bond donors (Lipinski definition) is 0. The summed E-state index contributed by atoms with van der Waals surface area (Å²) in [6.07, 6.45) is 0. The Balaban J connectivity index is 0.000000245. The third-order valence-electron chi connectivity index (χ3n) is 9.40. The average Bonchev–Trinajstić information content (AvgIpc) is 3.11. The van der Waals surface area contributed by atoms with Crippen molar-refractivity contribution in [2.75, 3.05) is 30.5 Å². The molecule has 0 saturated carbocycles. The normalized spacial score (nSPS) is 15.7. The quantitative estimate of drug-likeness (QED) is 0.199. The van der Waals surface area contributed by atoms with Gasteiger partial charge in [0.2, 0.25) is 0 Å². The molecule has 0 fully saturated rings. The Morgan fingerprint density at radius 3 is 1.94 bits per heavy atom. The van der Waals surface area contributed by atoms with E-state index >= 15 is 0 Å². The summed E-state index contributed by atoms with van der Waals surface area (Å²) in [5.74, 6) is 2.02. The van der Waals surface area contributed by atoms with Crippen molar-refractivity contribution in [3.8, 4) is 11.5 Å². The zero-order valence-electron chi connectivity index (χ0n) is 27.8. The van der Waals surface area contributed by atoms with Gasteiger partial charge in [-0.15, -0.1) is 0 Å². The number of aryl methyl sites for hydroxylation is 1. The van der Waals surface area contributed by atoms with E-state index in [1.54, 1.807) is 0 Å². The molecule has 3 heterocycles. The first kappa shape index (κ1) is 30.9. The smallest absolute Gasteiger partial charge is 0.161 e. The fourth-order valence-corrected chi connectivity index (χ4v) is 6.50. The van der Waals surface area contributed by atoms with Crippen molar-refractivity contribution in [3.63, 3.8) is 0 Å². The van der Waals surface area contributed by atoms with Gasteiger partial charge >= 0.3 is 0 Å². The van der Waals surface area contributed by atoms with Crippen LogP contribution < -0.4 is 19.4 Å². The van der Waals surface area contributed by atoms with E-state index in [9.17, 15) is 0 Å². The maximum absolute atomic E-state index is 6.10. The number of fused-ring (bicyclic) bond motifs is 3. The summed E-state index contributed by atoms with van der Waals surface area (Å²) in [5, 5.41) is 1.99. The second-order valence-electron chi connectivity index (χ2n) is 13.3. The van der Waals surface area contributed by atoms with E-state index in [0.717, 1.165) is 36.8 Å². The second-order valence-corrected chi connectivity index (χ2v) is 13.3. The fraction of sp³-hybridized carbons (Fsp3) is 0.268. The highest BCUT2D eigenvalue weighted by molar-refractivity contribution is 5.53. The van der Waals surface area contributed by atoms with Gasteiger partial charge in [-0.3, -0.25) is 9.74 Å². The maximum atomic E-state index is 6.10. The third-order valence-corrected chi connectivity index (χ3v) is 9.40. The number of hydroxylamine groups is 1. The van der Waals surface area contributed by atoms with Gasteiger partial charge in [0.05, 0.1) is 12.2 Å². The minimum absolute atomic E-state index is 0.144. The van der Waals surface area contributed by atoms with Gasteiger partial charge in [0, 0.05) is 35.3 Å². The number of rotatable bonds is 4. The van der Waals surface area contributed by atoms with Crippen LogP contribution in [-0.4, -0.2) is 25.4 Å². The first-order valence-corrected chi connectivity index (χ1v) is 16.4. The molecule has 0 unspecified atom stereocenters. The molecule has 0 bridgehead atoms. The van der Waals surface area contributed by atoms with Gasteiger partial charge in [0.1, 0.15) is 24.8 Å². The zero-order valence-corrected chi connectivity index (χ0v) is 27.8. The highest BCUT2D eigenvalue weighted by atomic mass is 16.7. The van der Waals surface area contributed by atoms with Crippen molar-refractivity contribution >= 4 is 11.4 Å². The predicted octanol–water partition coefficient (Wildman–Crippen LogP) is 8.60. The number of benzene rings is 5. The van der Waals surface area contributed by atoms with Gasteiger partial charge in [-0.25, -0.2) is 5.06 Å². The molecule has 0 aliphatic carbocycles. The highest BCUT2D eigenvalue weighted by Crippen LogP contribution is 2.38. The summed E-state index contributed by atoms with van der Waals surface area (Å²) in [5.41, 5.74) is 11.1. The highest BCUT2D eigenvalue weighted by Gasteiger charge is 2.28. The molecule has 0 aromatic heterocycles. The lowest BCUT2D eigenvalue weighted by molar-refractivity contribution is 0.0780. The van der Waals surface area contributed by atoms with Crippen LogP contribution >= 0.6 is 0 Å². The number of hydrogen-bond acceptors (Lipinski definition) is 6. The van der Waals surface area contributed by atoms with Crippen molar-refractivity contribution in [3.05, 3.63) is 154 Å². The molecule has 0 radical (unpaired) electrons. The molecule has 3 aliphatic rings. The van der Waals surface area contributed by atoms with E-state index in [0.29, 0.717) is 20.1 Å². The molecule has 0 saturated heterocycles. The van der Waals surface area contributed by atoms with Gasteiger partial charge in [0.15, 0.2) is 6.73 Å². The molecule has 0 atom stereocenters. The van der Waals surface area contributed by atoms with Crippen LogP contribution in [0.3, 0.4) is 0 Å². The molecule has 0 spiro atoms. The van der Waals surface area contributed by atoms with E-state index in [4.69, 9.17) is 14.3 Å². The van der Waals surface area contributed by atoms with Crippen LogP contribution in [0.25, 0.3) is 0 Å². The monoisotopic (exact) mass is 625 g/mol. The number of nitrogens with zero attached hydrogens (tertiary/aromatic N) is 3. The number of ether oxygens (including phenoxy) is 2. The molecule has 0 N–H and O–H groups in total. The second kappa shape index (κ2) is 13.1. The molecule has 6 heteroatoms. The summed E-state index contributed by atoms with van der Waals surface area (Å²) < 4.78 is 11.6. The SMILES string of the molecule is CC(C)(c1ccc2c(c1)CN(c1ccccc1)OC2)c1ccc2c(c1)CN(c1ccccc1)CO2.Cc1ccc2c(c1)CN(C)CO2. The minimum Gasteiger partial charge on any atom is -0.478 e. The Morgan fingerprint density at radius 1 is 0.574 bits per heavy atom. The lowest BCUT2D eigenvalue weighted by Crippen LogP contribution is -2.32. The molecule has 47 heavy (non-hydrogen) atoms. The van der Waals surface area contributed by atoms with Crippen LogP contribution in [0.15, 0.2) is 115 Å². The van der Waals surface area contributed by atoms with Gasteiger partial charge in [0.25, 0.3) is 0 Å². The van der Waals surface area contributed by atoms with E-state index in [1.807, 2.05) is 29.3 Å². The van der Waals surface area contributed by atoms with Crippen LogP contribution in [0, 0.1) is 6.92 Å². The summed E-state index contributed by atoms with van der Waals surface area (Å²) >= 11 is 0. The van der Waals surface area contributed by atoms with Crippen molar-refractivity contribution < 1.29 is 14.3 Å². The van der Waals surface area contributed by atoms with E-state index in [1.165, 1.54) is 44.6 Å². The Morgan fingerprint density at radius 2 is 1.19 bits per heavy atom. The van der Waals surface area contributed by atoms with Crippen molar-refractivity contribution in [1.29, 1.82) is 0 Å². The molecule has 5 aromatic rings. The molecule has 5 aromatic carbocycles. The topological polar surface area (TPSA) is 37.4 Å². The minimum atomic E-state index is -0.144. The third kappa shape index (κ3) is 6.71. The Hall–Kier alpha value is -4.78. The molecule has 0 amide bonds. The largest absolute Gasteiger partial charge is 0.478 e. The standard InChI is InChI=1S/C31H30N2O2.C10H13NO/c1-31(2,26-14-13-23-21-35-33(20-24(23)17-26)29-11-7-4-8-12-29)27-15-16-30-25(18-27)19-32(22-34-30)28-9-5-3-6-10-28;1-8-3-4-10-9(5-8)6-11(2)7-12-10/h3-18H,19-22H2,1-2H3;3-5H,6-7H2,1-2H3. The van der Waals surface area contributed by atoms with Crippen molar-refractivity contribution in [2.24, 2.45) is 0 Å². The van der Waals surface area contributed by atoms with Crippen LogP contribution in [0.5, 0.6) is 11.5 Å². The number of anilines is 2. The molecular formula is C41H43N3O3. The Bertz CT molecular complexity index is 1740. The van der Waals surface area contributed by atoms with Gasteiger partial charge in [-0.1, -0.05) is 92.2 Å². The number of para-hydroxylation sites is 2. The molecular weight excluding hydrogens is 582 g/mol. The molecule has 240 valence electrons. The summed E-state index contributed by atoms with van der Waals surface area (Å²) in [4.78, 5) is 10.5. The summed E-state index contributed by atoms with van der Waals surface area (Å²) in [7, 11) is 2.06. The van der Waals surface area contributed by atoms with Gasteiger partial charge in [-0.05, 0) is 78.7 Å². The van der Waals surface area contributed by atoms with Crippen LogP contribution in [0.1, 0.15) is 52.8 Å². The first-order chi connectivity index (χ1) is 22.8. The fourth-order valence-electron chi connectivity index (χ4n) is 6.50. The van der Waals surface area contributed by atoms with E-state index < -0.39 is 0 Å². The lowest BCUT2D eigenvalue weighted by Gasteiger charge is -2.34. The van der Waals surface area contributed by atoms with Crippen LogP contribution in [0.2, 0.25) is 0 Å². The molecule has 3 aliphatic heterocycles. The Kier molecular flexibility index (Phi) is 8.63. The van der Waals surface area contributed by atoms with Crippen molar-refractivity contribution in [2.45, 2.75) is 52.4 Å². The molecule has 6 nitrogen and oxygen atoms in total. The van der Waals surface area contributed by atoms with Gasteiger partial charge < -0.3 is 14.4 Å². The van der Waals surface area contributed by atoms with Crippen LogP contribution in [-0.2, 0) is 36.5 Å². The van der Waals surface area contributed by atoms with Gasteiger partial charge in [-0.2, -0.15) is 0 Å². The first-order valence-electron chi connectivity index (χ1n) is 16.4. The summed E-state index contributed by atoms with van der Waals surface area (Å²) in [6.45, 7) is 11.2. The molecule has 8 rings (SSSR count). The predicted molar refractivity (Wildman–Crippen MR) is 189 cm³/mol. The van der Waals surface area contributed by atoms with Crippen LogP contribution in [0.4, 0.5) is 11.4 Å². The lowest BCUT2D eigenvalue weighted by atomic mass is 9.76. The summed E-state index contributed by atoms with van der Waals surface area (Å²) in [6, 6.07) is 40.6.